The van der Waals surface area contributed by atoms with Crippen molar-refractivity contribution in [2.75, 3.05) is 0 Å². The molecule has 0 saturated heterocycles. The average molecular weight is 241 g/mol. The molecule has 0 amide bonds. The molecule has 1 nitrogen and oxygen atoms in total. The molecule has 1 aromatic carbocycles. The predicted molar refractivity (Wildman–Crippen MR) is 66.8 cm³/mol. The summed E-state index contributed by atoms with van der Waals surface area (Å²) in [4.78, 5) is 0. The minimum atomic E-state index is -0.539. The second kappa shape index (κ2) is 7.38. The van der Waals surface area contributed by atoms with E-state index < -0.39 is 11.6 Å². The molecule has 17 heavy (non-hydrogen) atoms. The van der Waals surface area contributed by atoms with Crippen LogP contribution in [-0.2, 0) is 6.42 Å². The van der Waals surface area contributed by atoms with Crippen LogP contribution in [-0.4, -0.2) is 6.04 Å². The number of halogens is 2. The van der Waals surface area contributed by atoms with Gasteiger partial charge in [-0.25, -0.2) is 8.78 Å². The smallest absolute Gasteiger partial charge is 0.129 e. The Morgan fingerprint density at radius 1 is 1.18 bits per heavy atom. The lowest BCUT2D eigenvalue weighted by molar-refractivity contribution is 0.524. The van der Waals surface area contributed by atoms with Crippen molar-refractivity contribution >= 4 is 0 Å². The zero-order chi connectivity index (χ0) is 12.7. The Bertz CT molecular complexity index is 339. The molecule has 0 heterocycles. The highest BCUT2D eigenvalue weighted by Gasteiger charge is 2.08. The third-order valence-electron chi connectivity index (χ3n) is 2.93. The van der Waals surface area contributed by atoms with E-state index in [0.29, 0.717) is 12.0 Å². The zero-order valence-corrected chi connectivity index (χ0v) is 10.4. The lowest BCUT2D eigenvalue weighted by atomic mass is 10.0. The van der Waals surface area contributed by atoms with Crippen molar-refractivity contribution in [2.24, 2.45) is 5.73 Å². The molecule has 0 aliphatic heterocycles. The maximum Gasteiger partial charge on any atom is 0.129 e. The van der Waals surface area contributed by atoms with Crippen LogP contribution in [0.4, 0.5) is 8.78 Å². The minimum absolute atomic E-state index is 0.0354. The van der Waals surface area contributed by atoms with Gasteiger partial charge in [-0.3, -0.25) is 0 Å². The molecular weight excluding hydrogens is 220 g/mol. The summed E-state index contributed by atoms with van der Waals surface area (Å²) in [5.74, 6) is -1.03. The summed E-state index contributed by atoms with van der Waals surface area (Å²) in [6.07, 6.45) is 6.06. The van der Waals surface area contributed by atoms with E-state index in [9.17, 15) is 8.78 Å². The summed E-state index contributed by atoms with van der Waals surface area (Å²) in [6, 6.07) is 3.64. The predicted octanol–water partition coefficient (Wildman–Crippen LogP) is 3.81. The SMILES string of the molecule is CCCCCCC(N)Cc1ccc(F)cc1F. The van der Waals surface area contributed by atoms with Crippen molar-refractivity contribution in [3.05, 3.63) is 35.4 Å². The van der Waals surface area contributed by atoms with Gasteiger partial charge in [0.2, 0.25) is 0 Å². The Labute approximate surface area is 102 Å². The van der Waals surface area contributed by atoms with Crippen LogP contribution in [0.5, 0.6) is 0 Å². The third kappa shape index (κ3) is 5.26. The van der Waals surface area contributed by atoms with Gasteiger partial charge in [-0.05, 0) is 24.5 Å². The van der Waals surface area contributed by atoms with E-state index in [1.807, 2.05) is 0 Å². The first-order valence-electron chi connectivity index (χ1n) is 6.33. The Balaban J connectivity index is 2.37. The van der Waals surface area contributed by atoms with Gasteiger partial charge in [-0.2, -0.15) is 0 Å². The number of hydrogen-bond acceptors (Lipinski definition) is 1. The van der Waals surface area contributed by atoms with E-state index in [0.717, 1.165) is 18.9 Å². The number of rotatable bonds is 7. The van der Waals surface area contributed by atoms with Crippen LogP contribution in [0.25, 0.3) is 0 Å². The molecule has 1 rings (SSSR count). The maximum absolute atomic E-state index is 13.4. The summed E-state index contributed by atoms with van der Waals surface area (Å²) in [6.45, 7) is 2.16. The van der Waals surface area contributed by atoms with Crippen molar-refractivity contribution in [3.63, 3.8) is 0 Å². The van der Waals surface area contributed by atoms with E-state index in [4.69, 9.17) is 5.73 Å². The molecule has 0 aromatic heterocycles. The van der Waals surface area contributed by atoms with Gasteiger partial charge in [-0.15, -0.1) is 0 Å². The second-order valence-corrected chi connectivity index (χ2v) is 4.55. The Hall–Kier alpha value is -0.960. The maximum atomic E-state index is 13.4. The fraction of sp³-hybridized carbons (Fsp3) is 0.571. The number of hydrogen-bond donors (Lipinski definition) is 1. The Kier molecular flexibility index (Phi) is 6.12. The quantitative estimate of drug-likeness (QED) is 0.722. The highest BCUT2D eigenvalue weighted by molar-refractivity contribution is 5.19. The molecule has 0 saturated carbocycles. The summed E-state index contributed by atoms with van der Waals surface area (Å²) in [5, 5.41) is 0. The lowest BCUT2D eigenvalue weighted by Crippen LogP contribution is -2.23. The van der Waals surface area contributed by atoms with E-state index in [1.165, 1.54) is 31.4 Å². The molecule has 1 aromatic rings. The van der Waals surface area contributed by atoms with Gasteiger partial charge in [0, 0.05) is 12.1 Å². The first-order chi connectivity index (χ1) is 8.13. The third-order valence-corrected chi connectivity index (χ3v) is 2.93. The molecule has 3 heteroatoms. The molecule has 0 aliphatic carbocycles. The number of unbranched alkanes of at least 4 members (excludes halogenated alkanes) is 3. The second-order valence-electron chi connectivity index (χ2n) is 4.55. The summed E-state index contributed by atoms with van der Waals surface area (Å²) in [7, 11) is 0. The van der Waals surface area contributed by atoms with Crippen molar-refractivity contribution in [1.29, 1.82) is 0 Å². The standard InChI is InChI=1S/C14H21F2N/c1-2-3-4-5-6-13(17)9-11-7-8-12(15)10-14(11)16/h7-8,10,13H,2-6,9,17H2,1H3. The van der Waals surface area contributed by atoms with E-state index in [1.54, 1.807) is 0 Å². The van der Waals surface area contributed by atoms with Gasteiger partial charge in [0.05, 0.1) is 0 Å². The molecule has 1 atom stereocenters. The fourth-order valence-corrected chi connectivity index (χ4v) is 1.91. The normalized spacial score (nSPS) is 12.7. The van der Waals surface area contributed by atoms with Crippen molar-refractivity contribution in [1.82, 2.24) is 0 Å². The van der Waals surface area contributed by atoms with Gasteiger partial charge in [0.25, 0.3) is 0 Å². The van der Waals surface area contributed by atoms with Crippen LogP contribution < -0.4 is 5.73 Å². The summed E-state index contributed by atoms with van der Waals surface area (Å²) >= 11 is 0. The van der Waals surface area contributed by atoms with E-state index >= 15 is 0 Å². The summed E-state index contributed by atoms with van der Waals surface area (Å²) in [5.41, 5.74) is 6.44. The first kappa shape index (κ1) is 14.1. The highest BCUT2D eigenvalue weighted by Crippen LogP contribution is 2.13. The highest BCUT2D eigenvalue weighted by atomic mass is 19.1. The van der Waals surface area contributed by atoms with Gasteiger partial charge >= 0.3 is 0 Å². The molecule has 0 radical (unpaired) electrons. The zero-order valence-electron chi connectivity index (χ0n) is 10.4. The molecule has 2 N–H and O–H groups in total. The molecule has 0 aliphatic rings. The molecule has 0 bridgehead atoms. The molecule has 1 unspecified atom stereocenters. The van der Waals surface area contributed by atoms with Gasteiger partial charge in [-0.1, -0.05) is 38.7 Å². The van der Waals surface area contributed by atoms with E-state index in [-0.39, 0.29) is 6.04 Å². The van der Waals surface area contributed by atoms with Crippen LogP contribution in [0.3, 0.4) is 0 Å². The van der Waals surface area contributed by atoms with Gasteiger partial charge in [0.1, 0.15) is 11.6 Å². The molecule has 96 valence electrons. The molecule has 0 fully saturated rings. The fourth-order valence-electron chi connectivity index (χ4n) is 1.91. The average Bonchev–Trinajstić information content (AvgIpc) is 2.28. The van der Waals surface area contributed by atoms with Crippen LogP contribution >= 0.6 is 0 Å². The largest absolute Gasteiger partial charge is 0.327 e. The van der Waals surface area contributed by atoms with Crippen molar-refractivity contribution in [2.45, 2.75) is 51.5 Å². The minimum Gasteiger partial charge on any atom is -0.327 e. The summed E-state index contributed by atoms with van der Waals surface area (Å²) < 4.78 is 26.1. The van der Waals surface area contributed by atoms with Crippen LogP contribution in [0.15, 0.2) is 18.2 Å². The van der Waals surface area contributed by atoms with E-state index in [2.05, 4.69) is 6.92 Å². The van der Waals surface area contributed by atoms with Crippen molar-refractivity contribution < 1.29 is 8.78 Å². The van der Waals surface area contributed by atoms with Crippen molar-refractivity contribution in [3.8, 4) is 0 Å². The number of benzene rings is 1. The molecular formula is C14H21F2N. The molecule has 0 spiro atoms. The van der Waals surface area contributed by atoms with Gasteiger partial charge in [0.15, 0.2) is 0 Å². The monoisotopic (exact) mass is 241 g/mol. The Morgan fingerprint density at radius 3 is 2.59 bits per heavy atom. The topological polar surface area (TPSA) is 26.0 Å². The van der Waals surface area contributed by atoms with Crippen LogP contribution in [0.1, 0.15) is 44.6 Å². The van der Waals surface area contributed by atoms with Crippen LogP contribution in [0.2, 0.25) is 0 Å². The number of nitrogens with two attached hydrogens (primary N) is 1. The Morgan fingerprint density at radius 2 is 1.94 bits per heavy atom. The lowest BCUT2D eigenvalue weighted by Gasteiger charge is -2.12. The van der Waals surface area contributed by atoms with Crippen LogP contribution in [0, 0.1) is 11.6 Å². The first-order valence-corrected chi connectivity index (χ1v) is 6.33. The van der Waals surface area contributed by atoms with Gasteiger partial charge < -0.3 is 5.73 Å².